The Morgan fingerprint density at radius 3 is 3.18 bits per heavy atom. The number of nitrogens with one attached hydrogen (secondary N) is 4. The van der Waals surface area contributed by atoms with E-state index in [1.54, 1.807) is 6.20 Å². The molecule has 0 radical (unpaired) electrons. The van der Waals surface area contributed by atoms with Gasteiger partial charge in [-0.05, 0) is 13.0 Å². The quantitative estimate of drug-likeness (QED) is 0.176. The molecule has 1 heterocycles. The highest BCUT2D eigenvalue weighted by molar-refractivity contribution is 5.81. The van der Waals surface area contributed by atoms with Crippen LogP contribution in [0.5, 0.6) is 0 Å². The molecule has 0 saturated heterocycles. The van der Waals surface area contributed by atoms with Gasteiger partial charge in [0.1, 0.15) is 0 Å². The standard InChI is InChI=1S/C10H17N7/c1-2-13-10(15-8-11)14-6-5-12-7-9-3-4-16-17-9/h3-4,12H,2,5-7H2,1H3,(H,16,17)(H2,13,14,15). The van der Waals surface area contributed by atoms with Crippen molar-refractivity contribution in [1.82, 2.24) is 26.1 Å². The van der Waals surface area contributed by atoms with Crippen molar-refractivity contribution >= 4 is 5.96 Å². The zero-order valence-corrected chi connectivity index (χ0v) is 9.82. The van der Waals surface area contributed by atoms with Crippen molar-refractivity contribution in [3.63, 3.8) is 0 Å². The Balaban J connectivity index is 2.16. The van der Waals surface area contributed by atoms with Crippen molar-refractivity contribution < 1.29 is 0 Å². The number of H-pyrrole nitrogens is 1. The fourth-order valence-electron chi connectivity index (χ4n) is 1.21. The smallest absolute Gasteiger partial charge is 0.204 e. The van der Waals surface area contributed by atoms with Gasteiger partial charge in [-0.1, -0.05) is 0 Å². The van der Waals surface area contributed by atoms with E-state index in [9.17, 15) is 0 Å². The average molecular weight is 235 g/mol. The van der Waals surface area contributed by atoms with E-state index in [-0.39, 0.29) is 0 Å². The van der Waals surface area contributed by atoms with E-state index in [0.29, 0.717) is 19.0 Å². The summed E-state index contributed by atoms with van der Waals surface area (Å²) >= 11 is 0. The third-order valence-corrected chi connectivity index (χ3v) is 1.94. The van der Waals surface area contributed by atoms with Crippen LogP contribution < -0.4 is 16.0 Å². The number of nitrogens with zero attached hydrogens (tertiary/aromatic N) is 3. The highest BCUT2D eigenvalue weighted by atomic mass is 15.2. The van der Waals surface area contributed by atoms with Crippen LogP contribution in [-0.4, -0.2) is 35.8 Å². The summed E-state index contributed by atoms with van der Waals surface area (Å²) in [4.78, 5) is 4.20. The topological polar surface area (TPSA) is 101 Å². The third-order valence-electron chi connectivity index (χ3n) is 1.94. The molecule has 4 N–H and O–H groups in total. The van der Waals surface area contributed by atoms with Crippen LogP contribution in [0.3, 0.4) is 0 Å². The van der Waals surface area contributed by atoms with Crippen molar-refractivity contribution in [1.29, 1.82) is 5.26 Å². The first-order valence-electron chi connectivity index (χ1n) is 5.49. The zero-order valence-electron chi connectivity index (χ0n) is 9.82. The normalized spacial score (nSPS) is 10.9. The first-order chi connectivity index (χ1) is 8.36. The van der Waals surface area contributed by atoms with E-state index >= 15 is 0 Å². The van der Waals surface area contributed by atoms with Crippen LogP contribution >= 0.6 is 0 Å². The number of aromatic amines is 1. The lowest BCUT2D eigenvalue weighted by Crippen LogP contribution is -2.35. The summed E-state index contributed by atoms with van der Waals surface area (Å²) in [5, 5.41) is 23.9. The highest BCUT2D eigenvalue weighted by Crippen LogP contribution is 1.88. The SMILES string of the molecule is CCN/C(=N/CCNCc1cc[nH]n1)NC#N. The van der Waals surface area contributed by atoms with Crippen molar-refractivity contribution in [2.75, 3.05) is 19.6 Å². The van der Waals surface area contributed by atoms with Crippen LogP contribution in [0.1, 0.15) is 12.6 Å². The molecule has 0 atom stereocenters. The molecule has 0 aliphatic carbocycles. The van der Waals surface area contributed by atoms with Crippen LogP contribution in [-0.2, 0) is 6.54 Å². The second kappa shape index (κ2) is 8.13. The van der Waals surface area contributed by atoms with Gasteiger partial charge in [0.05, 0.1) is 12.2 Å². The van der Waals surface area contributed by atoms with E-state index < -0.39 is 0 Å². The average Bonchev–Trinajstić information content (AvgIpc) is 2.82. The van der Waals surface area contributed by atoms with Crippen molar-refractivity contribution in [2.45, 2.75) is 13.5 Å². The summed E-state index contributed by atoms with van der Waals surface area (Å²) in [6, 6.07) is 1.91. The number of aromatic nitrogens is 2. The molecule has 17 heavy (non-hydrogen) atoms. The minimum atomic E-state index is 0.511. The van der Waals surface area contributed by atoms with Gasteiger partial charge in [0.25, 0.3) is 0 Å². The summed E-state index contributed by atoms with van der Waals surface area (Å²) in [6.07, 6.45) is 3.63. The van der Waals surface area contributed by atoms with Crippen LogP contribution in [0, 0.1) is 11.5 Å². The van der Waals surface area contributed by atoms with Crippen molar-refractivity contribution in [3.05, 3.63) is 18.0 Å². The minimum absolute atomic E-state index is 0.511. The number of guanidine groups is 1. The second-order valence-electron chi connectivity index (χ2n) is 3.24. The lowest BCUT2D eigenvalue weighted by Gasteiger charge is -2.05. The zero-order chi connectivity index (χ0) is 12.3. The third kappa shape index (κ3) is 5.53. The largest absolute Gasteiger partial charge is 0.356 e. The molecule has 0 fully saturated rings. The Hall–Kier alpha value is -2.07. The van der Waals surface area contributed by atoms with Gasteiger partial charge < -0.3 is 10.6 Å². The molecule has 0 aromatic carbocycles. The molecule has 1 aromatic heterocycles. The van der Waals surface area contributed by atoms with Crippen molar-refractivity contribution in [3.8, 4) is 6.19 Å². The molecule has 0 amide bonds. The van der Waals surface area contributed by atoms with Gasteiger partial charge in [0, 0.05) is 25.8 Å². The molecular formula is C10H17N7. The maximum absolute atomic E-state index is 8.48. The number of rotatable bonds is 6. The van der Waals surface area contributed by atoms with Gasteiger partial charge in [0.2, 0.25) is 5.96 Å². The van der Waals surface area contributed by atoms with E-state index in [1.165, 1.54) is 0 Å². The van der Waals surface area contributed by atoms with E-state index in [4.69, 9.17) is 5.26 Å². The maximum atomic E-state index is 8.48. The summed E-state index contributed by atoms with van der Waals surface area (Å²) < 4.78 is 0. The number of hydrogen-bond acceptors (Lipinski definition) is 4. The second-order valence-corrected chi connectivity index (χ2v) is 3.24. The molecule has 7 nitrogen and oxygen atoms in total. The molecule has 1 rings (SSSR count). The lowest BCUT2D eigenvalue weighted by atomic mass is 10.4. The molecule has 7 heteroatoms. The molecule has 0 unspecified atom stereocenters. The summed E-state index contributed by atoms with van der Waals surface area (Å²) in [7, 11) is 0. The number of hydrogen-bond donors (Lipinski definition) is 4. The Labute approximate surface area is 100 Å². The molecule has 0 bridgehead atoms. The predicted molar refractivity (Wildman–Crippen MR) is 65.0 cm³/mol. The Morgan fingerprint density at radius 1 is 1.65 bits per heavy atom. The Kier molecular flexibility index (Phi) is 6.21. The fraction of sp³-hybridized carbons (Fsp3) is 0.500. The number of aliphatic imine (C=N–C) groups is 1. The Morgan fingerprint density at radius 2 is 2.53 bits per heavy atom. The summed E-state index contributed by atoms with van der Waals surface area (Å²) in [6.45, 7) is 4.72. The first-order valence-corrected chi connectivity index (χ1v) is 5.49. The molecule has 0 aliphatic rings. The van der Waals surface area contributed by atoms with Gasteiger partial charge in [-0.25, -0.2) is 0 Å². The molecule has 0 spiro atoms. The van der Waals surface area contributed by atoms with Gasteiger partial charge in [0.15, 0.2) is 6.19 Å². The van der Waals surface area contributed by atoms with Gasteiger partial charge in [-0.2, -0.15) is 10.4 Å². The van der Waals surface area contributed by atoms with Crippen molar-refractivity contribution in [2.24, 2.45) is 4.99 Å². The Bertz CT molecular complexity index is 363. The predicted octanol–water partition coefficient (Wildman–Crippen LogP) is -0.465. The summed E-state index contributed by atoms with van der Waals surface area (Å²) in [5.74, 6) is 0.511. The maximum Gasteiger partial charge on any atom is 0.204 e. The molecule has 0 saturated carbocycles. The van der Waals surface area contributed by atoms with Crippen LogP contribution in [0.25, 0.3) is 0 Å². The molecule has 92 valence electrons. The van der Waals surface area contributed by atoms with Crippen LogP contribution in [0.2, 0.25) is 0 Å². The van der Waals surface area contributed by atoms with Crippen LogP contribution in [0.15, 0.2) is 17.3 Å². The molecule has 1 aromatic rings. The summed E-state index contributed by atoms with van der Waals surface area (Å²) in [5.41, 5.74) is 0.969. The molecule has 0 aliphatic heterocycles. The first kappa shape index (κ1) is 13.0. The van der Waals surface area contributed by atoms with Gasteiger partial charge in [-0.3, -0.25) is 15.4 Å². The molecular weight excluding hydrogens is 218 g/mol. The van der Waals surface area contributed by atoms with E-state index in [0.717, 1.165) is 18.8 Å². The van der Waals surface area contributed by atoms with E-state index in [2.05, 4.69) is 31.1 Å². The van der Waals surface area contributed by atoms with Gasteiger partial charge in [-0.15, -0.1) is 0 Å². The van der Waals surface area contributed by atoms with Gasteiger partial charge >= 0.3 is 0 Å². The lowest BCUT2D eigenvalue weighted by molar-refractivity contribution is 0.678. The minimum Gasteiger partial charge on any atom is -0.356 e. The highest BCUT2D eigenvalue weighted by Gasteiger charge is 1.95. The van der Waals surface area contributed by atoms with E-state index in [1.807, 2.05) is 19.2 Å². The number of nitriles is 1. The fourth-order valence-corrected chi connectivity index (χ4v) is 1.21. The van der Waals surface area contributed by atoms with Crippen LogP contribution in [0.4, 0.5) is 0 Å². The monoisotopic (exact) mass is 235 g/mol.